The molecule has 0 amide bonds. The van der Waals surface area contributed by atoms with Crippen molar-refractivity contribution in [2.45, 2.75) is 91.8 Å². The van der Waals surface area contributed by atoms with Crippen molar-refractivity contribution in [3.8, 4) is 0 Å². The van der Waals surface area contributed by atoms with Crippen LogP contribution in [0.3, 0.4) is 0 Å². The molecule has 146 valence electrons. The minimum Gasteiger partial charge on any atom is -0.379 e. The SMILES string of the molecule is CC(C)OCCOCC(COC(C)C)OC(C)(C)CCOC(C)C. The van der Waals surface area contributed by atoms with Gasteiger partial charge in [-0.15, -0.1) is 0 Å². The fraction of sp³-hybridized carbons (Fsp3) is 1.00. The number of ether oxygens (including phenoxy) is 5. The Bertz CT molecular complexity index is 289. The first kappa shape index (κ1) is 23.8. The number of hydrogen-bond donors (Lipinski definition) is 0. The Morgan fingerprint density at radius 3 is 1.75 bits per heavy atom. The van der Waals surface area contributed by atoms with Gasteiger partial charge in [0.05, 0.1) is 50.3 Å². The third kappa shape index (κ3) is 15.3. The van der Waals surface area contributed by atoms with Crippen LogP contribution >= 0.6 is 0 Å². The smallest absolute Gasteiger partial charge is 0.105 e. The first-order chi connectivity index (χ1) is 11.1. The standard InChI is InChI=1S/C19H40O5/c1-15(2)21-10-9-19(7,8)24-18(14-23-17(5)6)13-20-11-12-22-16(3)4/h15-18H,9-14H2,1-8H3. The van der Waals surface area contributed by atoms with Crippen molar-refractivity contribution in [2.75, 3.05) is 33.0 Å². The molecule has 0 N–H and O–H groups in total. The summed E-state index contributed by atoms with van der Waals surface area (Å²) < 4.78 is 28.8. The molecule has 0 aromatic heterocycles. The van der Waals surface area contributed by atoms with Gasteiger partial charge in [0.25, 0.3) is 0 Å². The zero-order valence-electron chi connectivity index (χ0n) is 17.1. The second kappa shape index (κ2) is 13.1. The van der Waals surface area contributed by atoms with Gasteiger partial charge in [0.1, 0.15) is 6.10 Å². The van der Waals surface area contributed by atoms with E-state index < -0.39 is 0 Å². The van der Waals surface area contributed by atoms with Crippen LogP contribution in [-0.2, 0) is 23.7 Å². The van der Waals surface area contributed by atoms with Crippen LogP contribution < -0.4 is 0 Å². The van der Waals surface area contributed by atoms with Gasteiger partial charge in [-0.25, -0.2) is 0 Å². The Morgan fingerprint density at radius 2 is 1.21 bits per heavy atom. The molecule has 0 fully saturated rings. The molecular formula is C19H40O5. The Labute approximate surface area is 149 Å². The zero-order valence-corrected chi connectivity index (χ0v) is 17.1. The molecule has 0 bridgehead atoms. The molecule has 0 rings (SSSR count). The lowest BCUT2D eigenvalue weighted by molar-refractivity contribution is -0.144. The van der Waals surface area contributed by atoms with Crippen LogP contribution in [0, 0.1) is 0 Å². The summed E-state index contributed by atoms with van der Waals surface area (Å²) in [5.41, 5.74) is -0.280. The van der Waals surface area contributed by atoms with E-state index in [9.17, 15) is 0 Å². The molecule has 0 saturated carbocycles. The normalized spacial score (nSPS) is 14.1. The summed E-state index contributed by atoms with van der Waals surface area (Å²) in [7, 11) is 0. The largest absolute Gasteiger partial charge is 0.379 e. The third-order valence-corrected chi connectivity index (χ3v) is 3.24. The van der Waals surface area contributed by atoms with E-state index in [-0.39, 0.29) is 30.0 Å². The van der Waals surface area contributed by atoms with E-state index in [0.717, 1.165) is 6.42 Å². The minimum atomic E-state index is -0.280. The van der Waals surface area contributed by atoms with Crippen LogP contribution in [0.1, 0.15) is 61.8 Å². The minimum absolute atomic E-state index is 0.0968. The predicted octanol–water partition coefficient (Wildman–Crippen LogP) is 3.83. The van der Waals surface area contributed by atoms with Crippen molar-refractivity contribution in [3.05, 3.63) is 0 Å². The lowest BCUT2D eigenvalue weighted by Gasteiger charge is -2.31. The van der Waals surface area contributed by atoms with Crippen molar-refractivity contribution < 1.29 is 23.7 Å². The van der Waals surface area contributed by atoms with Crippen LogP contribution in [0.15, 0.2) is 0 Å². The van der Waals surface area contributed by atoms with Crippen LogP contribution in [0.25, 0.3) is 0 Å². The van der Waals surface area contributed by atoms with Gasteiger partial charge < -0.3 is 23.7 Å². The van der Waals surface area contributed by atoms with Gasteiger partial charge in [-0.2, -0.15) is 0 Å². The fourth-order valence-electron chi connectivity index (χ4n) is 2.02. The highest BCUT2D eigenvalue weighted by molar-refractivity contribution is 4.72. The van der Waals surface area contributed by atoms with Crippen LogP contribution in [-0.4, -0.2) is 63.1 Å². The molecule has 5 heteroatoms. The summed E-state index contributed by atoms with van der Waals surface area (Å²) in [5, 5.41) is 0. The predicted molar refractivity (Wildman–Crippen MR) is 97.7 cm³/mol. The molecule has 0 aliphatic rings. The van der Waals surface area contributed by atoms with Crippen molar-refractivity contribution in [3.63, 3.8) is 0 Å². The van der Waals surface area contributed by atoms with E-state index in [0.29, 0.717) is 33.0 Å². The summed E-state index contributed by atoms with van der Waals surface area (Å²) in [4.78, 5) is 0. The molecule has 0 spiro atoms. The Kier molecular flexibility index (Phi) is 13.0. The number of hydrogen-bond acceptors (Lipinski definition) is 5. The van der Waals surface area contributed by atoms with E-state index in [2.05, 4.69) is 13.8 Å². The lowest BCUT2D eigenvalue weighted by Crippen LogP contribution is -2.38. The van der Waals surface area contributed by atoms with Gasteiger partial charge in [0.15, 0.2) is 0 Å². The summed E-state index contributed by atoms with van der Waals surface area (Å²) in [6.07, 6.45) is 1.38. The van der Waals surface area contributed by atoms with Crippen molar-refractivity contribution in [2.24, 2.45) is 0 Å². The molecule has 0 aliphatic heterocycles. The Morgan fingerprint density at radius 1 is 0.667 bits per heavy atom. The monoisotopic (exact) mass is 348 g/mol. The van der Waals surface area contributed by atoms with Crippen LogP contribution in [0.5, 0.6) is 0 Å². The highest BCUT2D eigenvalue weighted by atomic mass is 16.6. The van der Waals surface area contributed by atoms with Gasteiger partial charge in [-0.05, 0) is 61.8 Å². The molecule has 0 aliphatic carbocycles. The maximum Gasteiger partial charge on any atom is 0.105 e. The lowest BCUT2D eigenvalue weighted by atomic mass is 10.1. The summed E-state index contributed by atoms with van der Waals surface area (Å²) in [6.45, 7) is 19.2. The van der Waals surface area contributed by atoms with Crippen molar-refractivity contribution in [1.29, 1.82) is 0 Å². The molecule has 1 atom stereocenters. The van der Waals surface area contributed by atoms with Gasteiger partial charge in [-0.3, -0.25) is 0 Å². The summed E-state index contributed by atoms with van der Waals surface area (Å²) >= 11 is 0. The van der Waals surface area contributed by atoms with Gasteiger partial charge in [-0.1, -0.05) is 0 Å². The highest BCUT2D eigenvalue weighted by Crippen LogP contribution is 2.18. The van der Waals surface area contributed by atoms with E-state index in [4.69, 9.17) is 23.7 Å². The van der Waals surface area contributed by atoms with E-state index in [1.165, 1.54) is 0 Å². The van der Waals surface area contributed by atoms with Crippen molar-refractivity contribution in [1.82, 2.24) is 0 Å². The molecule has 0 saturated heterocycles. The van der Waals surface area contributed by atoms with Gasteiger partial charge in [0, 0.05) is 6.61 Å². The van der Waals surface area contributed by atoms with E-state index in [1.54, 1.807) is 0 Å². The molecule has 0 aromatic rings. The topological polar surface area (TPSA) is 46.2 Å². The molecular weight excluding hydrogens is 308 g/mol. The van der Waals surface area contributed by atoms with Crippen LogP contribution in [0.2, 0.25) is 0 Å². The van der Waals surface area contributed by atoms with Gasteiger partial charge in [0.2, 0.25) is 0 Å². The molecule has 24 heavy (non-hydrogen) atoms. The molecule has 5 nitrogen and oxygen atoms in total. The Balaban J connectivity index is 4.26. The van der Waals surface area contributed by atoms with E-state index >= 15 is 0 Å². The second-order valence-electron chi connectivity index (χ2n) is 7.55. The summed E-state index contributed by atoms with van der Waals surface area (Å²) in [6, 6.07) is 0. The molecule has 0 heterocycles. The molecule has 1 unspecified atom stereocenters. The maximum absolute atomic E-state index is 6.23. The quantitative estimate of drug-likeness (QED) is 0.421. The van der Waals surface area contributed by atoms with Crippen LogP contribution in [0.4, 0.5) is 0 Å². The average molecular weight is 349 g/mol. The molecule has 0 radical (unpaired) electrons. The second-order valence-corrected chi connectivity index (χ2v) is 7.55. The summed E-state index contributed by atoms with van der Waals surface area (Å²) in [5.74, 6) is 0. The first-order valence-corrected chi connectivity index (χ1v) is 9.22. The maximum atomic E-state index is 6.23. The van der Waals surface area contributed by atoms with Crippen molar-refractivity contribution >= 4 is 0 Å². The van der Waals surface area contributed by atoms with Gasteiger partial charge >= 0.3 is 0 Å². The van der Waals surface area contributed by atoms with E-state index in [1.807, 2.05) is 41.5 Å². The third-order valence-electron chi connectivity index (χ3n) is 3.24. The first-order valence-electron chi connectivity index (χ1n) is 9.22. The Hall–Kier alpha value is -0.200. The molecule has 0 aromatic carbocycles. The average Bonchev–Trinajstić information content (AvgIpc) is 2.42. The fourth-order valence-corrected chi connectivity index (χ4v) is 2.02. The highest BCUT2D eigenvalue weighted by Gasteiger charge is 2.24. The zero-order chi connectivity index (χ0) is 18.6. The number of rotatable bonds is 15.